The highest BCUT2D eigenvalue weighted by Crippen LogP contribution is 2.47. The van der Waals surface area contributed by atoms with Crippen molar-refractivity contribution < 1.29 is 27.8 Å². The van der Waals surface area contributed by atoms with E-state index in [0.717, 1.165) is 6.07 Å². The molecule has 0 amide bonds. The minimum atomic E-state index is -4.86. The first-order valence-corrected chi connectivity index (χ1v) is 5.59. The summed E-state index contributed by atoms with van der Waals surface area (Å²) in [4.78, 5) is 11.4. The van der Waals surface area contributed by atoms with Crippen molar-refractivity contribution in [3.8, 4) is 5.75 Å². The lowest BCUT2D eigenvalue weighted by atomic mass is 9.61. The van der Waals surface area contributed by atoms with Gasteiger partial charge in [-0.05, 0) is 18.9 Å². The molecular formula is C12H12F3NO3. The van der Waals surface area contributed by atoms with Crippen LogP contribution in [0.25, 0.3) is 0 Å². The highest BCUT2D eigenvalue weighted by atomic mass is 19.4. The molecule has 0 heterocycles. The topological polar surface area (TPSA) is 72.6 Å². The molecule has 1 saturated carbocycles. The highest BCUT2D eigenvalue weighted by molar-refractivity contribution is 5.84. The van der Waals surface area contributed by atoms with Gasteiger partial charge in [0.25, 0.3) is 0 Å². The molecule has 0 atom stereocenters. The molecule has 0 spiro atoms. The number of benzene rings is 1. The first-order chi connectivity index (χ1) is 8.74. The molecular weight excluding hydrogens is 263 g/mol. The molecule has 7 heteroatoms. The second-order valence-electron chi connectivity index (χ2n) is 4.60. The fourth-order valence-corrected chi connectivity index (χ4v) is 2.42. The molecule has 1 aliphatic rings. The Bertz CT molecular complexity index is 495. The smallest absolute Gasteiger partial charge is 0.481 e. The molecule has 104 valence electrons. The molecule has 0 unspecified atom stereocenters. The Balaban J connectivity index is 2.41. The second-order valence-corrected chi connectivity index (χ2v) is 4.60. The monoisotopic (exact) mass is 275 g/mol. The van der Waals surface area contributed by atoms with Crippen LogP contribution < -0.4 is 10.5 Å². The SMILES string of the molecule is NC1CC(C(=O)O)(c2ccccc2OC(F)(F)F)C1. The van der Waals surface area contributed by atoms with Gasteiger partial charge in [-0.2, -0.15) is 0 Å². The molecule has 0 saturated heterocycles. The van der Waals surface area contributed by atoms with Gasteiger partial charge in [-0.25, -0.2) is 0 Å². The van der Waals surface area contributed by atoms with E-state index >= 15 is 0 Å². The molecule has 0 aliphatic heterocycles. The van der Waals surface area contributed by atoms with Gasteiger partial charge >= 0.3 is 12.3 Å². The summed E-state index contributed by atoms with van der Waals surface area (Å²) in [5.74, 6) is -1.67. The fraction of sp³-hybridized carbons (Fsp3) is 0.417. The number of halogens is 3. The Kier molecular flexibility index (Phi) is 3.17. The van der Waals surface area contributed by atoms with E-state index in [2.05, 4.69) is 4.74 Å². The van der Waals surface area contributed by atoms with Gasteiger partial charge in [-0.15, -0.1) is 13.2 Å². The molecule has 2 rings (SSSR count). The van der Waals surface area contributed by atoms with Gasteiger partial charge in [-0.3, -0.25) is 4.79 Å². The van der Waals surface area contributed by atoms with Crippen LogP contribution in [0.15, 0.2) is 24.3 Å². The van der Waals surface area contributed by atoms with Gasteiger partial charge in [0.1, 0.15) is 5.75 Å². The number of ether oxygens (including phenoxy) is 1. The van der Waals surface area contributed by atoms with E-state index in [9.17, 15) is 23.1 Å². The maximum Gasteiger partial charge on any atom is 0.573 e. The number of rotatable bonds is 3. The third kappa shape index (κ3) is 2.51. The lowest BCUT2D eigenvalue weighted by molar-refractivity contribution is -0.275. The van der Waals surface area contributed by atoms with Crippen LogP contribution in [0.3, 0.4) is 0 Å². The Hall–Kier alpha value is -1.76. The summed E-state index contributed by atoms with van der Waals surface area (Å²) in [6, 6.07) is 4.96. The van der Waals surface area contributed by atoms with Gasteiger partial charge < -0.3 is 15.6 Å². The average Bonchev–Trinajstić information content (AvgIpc) is 2.23. The predicted molar refractivity (Wildman–Crippen MR) is 59.6 cm³/mol. The van der Waals surface area contributed by atoms with Crippen LogP contribution in [-0.4, -0.2) is 23.5 Å². The van der Waals surface area contributed by atoms with Gasteiger partial charge in [-0.1, -0.05) is 18.2 Å². The average molecular weight is 275 g/mol. The van der Waals surface area contributed by atoms with Crippen molar-refractivity contribution in [1.29, 1.82) is 0 Å². The van der Waals surface area contributed by atoms with Crippen molar-refractivity contribution in [2.75, 3.05) is 0 Å². The zero-order valence-corrected chi connectivity index (χ0v) is 9.78. The van der Waals surface area contributed by atoms with Crippen LogP contribution in [0.1, 0.15) is 18.4 Å². The van der Waals surface area contributed by atoms with E-state index < -0.39 is 23.5 Å². The van der Waals surface area contributed by atoms with Gasteiger partial charge in [0.05, 0.1) is 5.41 Å². The second kappa shape index (κ2) is 4.41. The van der Waals surface area contributed by atoms with Crippen molar-refractivity contribution in [2.45, 2.75) is 30.7 Å². The number of carboxylic acid groups (broad SMARTS) is 1. The maximum absolute atomic E-state index is 12.3. The zero-order chi connectivity index (χ0) is 14.3. The number of alkyl halides is 3. The predicted octanol–water partition coefficient (Wildman–Crippen LogP) is 2.03. The fourth-order valence-electron chi connectivity index (χ4n) is 2.42. The number of hydrogen-bond acceptors (Lipinski definition) is 3. The van der Waals surface area contributed by atoms with E-state index in [4.69, 9.17) is 5.73 Å². The first kappa shape index (κ1) is 13.7. The Morgan fingerprint density at radius 2 is 1.95 bits per heavy atom. The Morgan fingerprint density at radius 3 is 2.42 bits per heavy atom. The number of hydrogen-bond donors (Lipinski definition) is 2. The maximum atomic E-state index is 12.3. The molecule has 0 aromatic heterocycles. The Labute approximate surface area is 107 Å². The summed E-state index contributed by atoms with van der Waals surface area (Å²) in [6.45, 7) is 0. The minimum Gasteiger partial charge on any atom is -0.481 e. The summed E-state index contributed by atoms with van der Waals surface area (Å²) < 4.78 is 40.8. The number of carboxylic acids is 1. The van der Waals surface area contributed by atoms with Crippen LogP contribution in [0.5, 0.6) is 5.75 Å². The number of aliphatic carboxylic acids is 1. The third-order valence-electron chi connectivity index (χ3n) is 3.26. The van der Waals surface area contributed by atoms with Crippen molar-refractivity contribution in [3.63, 3.8) is 0 Å². The zero-order valence-electron chi connectivity index (χ0n) is 9.78. The summed E-state index contributed by atoms with van der Waals surface area (Å²) >= 11 is 0. The van der Waals surface area contributed by atoms with Crippen molar-refractivity contribution in [1.82, 2.24) is 0 Å². The molecule has 4 nitrogen and oxygen atoms in total. The normalized spacial score (nSPS) is 26.6. The van der Waals surface area contributed by atoms with Crippen molar-refractivity contribution >= 4 is 5.97 Å². The summed E-state index contributed by atoms with van der Waals surface area (Å²) in [5.41, 5.74) is 4.21. The molecule has 1 fully saturated rings. The summed E-state index contributed by atoms with van der Waals surface area (Å²) in [6.07, 6.45) is -4.66. The van der Waals surface area contributed by atoms with E-state index in [1.807, 2.05) is 0 Å². The molecule has 19 heavy (non-hydrogen) atoms. The van der Waals surface area contributed by atoms with Crippen LogP contribution >= 0.6 is 0 Å². The van der Waals surface area contributed by atoms with E-state index in [1.54, 1.807) is 0 Å². The van der Waals surface area contributed by atoms with E-state index in [0.29, 0.717) is 0 Å². The highest BCUT2D eigenvalue weighted by Gasteiger charge is 2.52. The largest absolute Gasteiger partial charge is 0.573 e. The van der Waals surface area contributed by atoms with Gasteiger partial charge in [0, 0.05) is 11.6 Å². The standard InChI is InChI=1S/C12H12F3NO3/c13-12(14,15)19-9-4-2-1-3-8(9)11(10(17)18)5-7(16)6-11/h1-4,7H,5-6,16H2,(H,17,18). The minimum absolute atomic E-state index is 0.0153. The third-order valence-corrected chi connectivity index (χ3v) is 3.26. The van der Waals surface area contributed by atoms with Gasteiger partial charge in [0.15, 0.2) is 0 Å². The van der Waals surface area contributed by atoms with E-state index in [1.165, 1.54) is 18.2 Å². The number of carbonyl (C=O) groups is 1. The van der Waals surface area contributed by atoms with Crippen LogP contribution in [0.4, 0.5) is 13.2 Å². The molecule has 1 aromatic carbocycles. The molecule has 1 aliphatic carbocycles. The quantitative estimate of drug-likeness (QED) is 0.885. The van der Waals surface area contributed by atoms with Crippen molar-refractivity contribution in [3.05, 3.63) is 29.8 Å². The van der Waals surface area contributed by atoms with Crippen LogP contribution in [-0.2, 0) is 10.2 Å². The molecule has 3 N–H and O–H groups in total. The number of nitrogens with two attached hydrogens (primary N) is 1. The van der Waals surface area contributed by atoms with Crippen molar-refractivity contribution in [2.24, 2.45) is 5.73 Å². The molecule has 0 bridgehead atoms. The van der Waals surface area contributed by atoms with Crippen LogP contribution in [0.2, 0.25) is 0 Å². The van der Waals surface area contributed by atoms with Gasteiger partial charge in [0.2, 0.25) is 0 Å². The summed E-state index contributed by atoms with van der Waals surface area (Å²) in [7, 11) is 0. The lowest BCUT2D eigenvalue weighted by Crippen LogP contribution is -2.54. The lowest BCUT2D eigenvalue weighted by Gasteiger charge is -2.43. The first-order valence-electron chi connectivity index (χ1n) is 5.59. The Morgan fingerprint density at radius 1 is 1.37 bits per heavy atom. The molecule has 0 radical (unpaired) electrons. The number of para-hydroxylation sites is 1. The van der Waals surface area contributed by atoms with Crippen LogP contribution in [0, 0.1) is 0 Å². The molecule has 1 aromatic rings. The van der Waals surface area contributed by atoms with E-state index in [-0.39, 0.29) is 24.4 Å². The summed E-state index contributed by atoms with van der Waals surface area (Å²) in [5, 5.41) is 9.29.